The summed E-state index contributed by atoms with van der Waals surface area (Å²) < 4.78 is 13.0. The van der Waals surface area contributed by atoms with Gasteiger partial charge in [-0.25, -0.2) is 4.39 Å². The molecule has 5 heteroatoms. The lowest BCUT2D eigenvalue weighted by Gasteiger charge is -2.24. The number of rotatable bonds is 5. The van der Waals surface area contributed by atoms with Gasteiger partial charge < -0.3 is 10.4 Å². The van der Waals surface area contributed by atoms with Gasteiger partial charge in [0.15, 0.2) is 0 Å². The Bertz CT molecular complexity index is 495. The molecule has 2 rings (SSSR count). The van der Waals surface area contributed by atoms with Crippen molar-refractivity contribution in [1.29, 1.82) is 0 Å². The second kappa shape index (κ2) is 7.20. The molecule has 0 aromatic heterocycles. The van der Waals surface area contributed by atoms with Crippen LogP contribution in [0.15, 0.2) is 24.3 Å². The first kappa shape index (κ1) is 15.5. The fourth-order valence-electron chi connectivity index (χ4n) is 2.78. The van der Waals surface area contributed by atoms with Crippen LogP contribution in [0.3, 0.4) is 0 Å². The number of aliphatic carboxylic acids is 1. The van der Waals surface area contributed by atoms with Crippen LogP contribution in [-0.4, -0.2) is 17.0 Å². The number of carbonyl (C=O) groups is 2. The van der Waals surface area contributed by atoms with Crippen molar-refractivity contribution in [1.82, 2.24) is 5.32 Å². The minimum absolute atomic E-state index is 0.0320. The van der Waals surface area contributed by atoms with Gasteiger partial charge in [-0.3, -0.25) is 9.59 Å². The summed E-state index contributed by atoms with van der Waals surface area (Å²) in [7, 11) is 0. The molecule has 0 spiro atoms. The maximum absolute atomic E-state index is 13.0. The van der Waals surface area contributed by atoms with E-state index in [1.807, 2.05) is 0 Å². The van der Waals surface area contributed by atoms with Gasteiger partial charge in [0.25, 0.3) is 0 Å². The highest BCUT2D eigenvalue weighted by Crippen LogP contribution is 2.25. The number of carboxylic acids is 1. The summed E-state index contributed by atoms with van der Waals surface area (Å²) in [5, 5.41) is 11.8. The first-order valence-electron chi connectivity index (χ1n) is 7.34. The van der Waals surface area contributed by atoms with Crippen molar-refractivity contribution in [2.75, 3.05) is 0 Å². The van der Waals surface area contributed by atoms with E-state index in [1.165, 1.54) is 24.3 Å². The smallest absolute Gasteiger partial charge is 0.305 e. The Hall–Kier alpha value is -1.91. The monoisotopic (exact) mass is 293 g/mol. The summed E-state index contributed by atoms with van der Waals surface area (Å²) in [4.78, 5) is 23.2. The highest BCUT2D eigenvalue weighted by Gasteiger charge is 2.25. The van der Waals surface area contributed by atoms with E-state index in [-0.39, 0.29) is 24.1 Å². The molecule has 1 aromatic rings. The van der Waals surface area contributed by atoms with E-state index < -0.39 is 12.0 Å². The number of hydrogen-bond acceptors (Lipinski definition) is 2. The molecular weight excluding hydrogens is 273 g/mol. The highest BCUT2D eigenvalue weighted by atomic mass is 19.1. The van der Waals surface area contributed by atoms with Crippen LogP contribution >= 0.6 is 0 Å². The number of amides is 1. The molecule has 1 saturated carbocycles. The average Bonchev–Trinajstić information content (AvgIpc) is 2.48. The van der Waals surface area contributed by atoms with Gasteiger partial charge in [0.1, 0.15) is 5.82 Å². The van der Waals surface area contributed by atoms with Crippen LogP contribution in [0.5, 0.6) is 0 Å². The number of carbonyl (C=O) groups excluding carboxylic acids is 1. The van der Waals surface area contributed by atoms with E-state index in [1.54, 1.807) is 0 Å². The summed E-state index contributed by atoms with van der Waals surface area (Å²) >= 11 is 0. The Morgan fingerprint density at radius 3 is 2.38 bits per heavy atom. The zero-order valence-electron chi connectivity index (χ0n) is 11.8. The lowest BCUT2D eigenvalue weighted by atomic mass is 9.88. The molecular formula is C16H20FNO3. The van der Waals surface area contributed by atoms with Crippen LogP contribution in [0.2, 0.25) is 0 Å². The van der Waals surface area contributed by atoms with E-state index in [2.05, 4.69) is 5.32 Å². The van der Waals surface area contributed by atoms with Gasteiger partial charge in [-0.1, -0.05) is 31.4 Å². The van der Waals surface area contributed by atoms with Crippen LogP contribution in [0, 0.1) is 11.7 Å². The van der Waals surface area contributed by atoms with Crippen molar-refractivity contribution >= 4 is 11.9 Å². The molecule has 1 aliphatic carbocycles. The molecule has 1 fully saturated rings. The second-order valence-electron chi connectivity index (χ2n) is 5.55. The van der Waals surface area contributed by atoms with Crippen molar-refractivity contribution in [2.45, 2.75) is 44.6 Å². The normalized spacial score (nSPS) is 17.2. The maximum Gasteiger partial charge on any atom is 0.305 e. The first-order valence-corrected chi connectivity index (χ1v) is 7.34. The van der Waals surface area contributed by atoms with Crippen LogP contribution in [0.4, 0.5) is 4.39 Å². The first-order chi connectivity index (χ1) is 10.1. The van der Waals surface area contributed by atoms with Gasteiger partial charge in [-0.2, -0.15) is 0 Å². The molecule has 2 N–H and O–H groups in total. The Morgan fingerprint density at radius 1 is 1.19 bits per heavy atom. The Labute approximate surface area is 123 Å². The largest absolute Gasteiger partial charge is 0.481 e. The SMILES string of the molecule is O=C(O)CC(NC(=O)C1CCCCC1)c1ccc(F)cc1. The third-order valence-electron chi connectivity index (χ3n) is 3.94. The quantitative estimate of drug-likeness (QED) is 0.877. The van der Waals surface area contributed by atoms with Gasteiger partial charge in [-0.15, -0.1) is 0 Å². The van der Waals surface area contributed by atoms with Crippen molar-refractivity contribution in [2.24, 2.45) is 5.92 Å². The maximum atomic E-state index is 13.0. The van der Waals surface area contributed by atoms with Crippen LogP contribution < -0.4 is 5.32 Å². The highest BCUT2D eigenvalue weighted by molar-refractivity contribution is 5.80. The zero-order valence-corrected chi connectivity index (χ0v) is 11.8. The lowest BCUT2D eigenvalue weighted by molar-refractivity contribution is -0.138. The Balaban J connectivity index is 2.06. The number of benzene rings is 1. The third kappa shape index (κ3) is 4.55. The summed E-state index contributed by atoms with van der Waals surface area (Å²) in [5.74, 6) is -1.50. The molecule has 1 aliphatic rings. The predicted octanol–water partition coefficient (Wildman–Crippen LogP) is 3.04. The molecule has 0 aliphatic heterocycles. The van der Waals surface area contributed by atoms with E-state index in [4.69, 9.17) is 5.11 Å². The van der Waals surface area contributed by atoms with Crippen molar-refractivity contribution in [3.63, 3.8) is 0 Å². The summed E-state index contributed by atoms with van der Waals surface area (Å²) in [6.45, 7) is 0. The zero-order chi connectivity index (χ0) is 15.2. The van der Waals surface area contributed by atoms with Gasteiger partial charge in [0, 0.05) is 5.92 Å². The molecule has 0 saturated heterocycles. The average molecular weight is 293 g/mol. The summed E-state index contributed by atoms with van der Waals surface area (Å²) in [6.07, 6.45) is 4.74. The molecule has 1 aromatic carbocycles. The molecule has 0 heterocycles. The summed E-state index contributed by atoms with van der Waals surface area (Å²) in [5.41, 5.74) is 0.614. The van der Waals surface area contributed by atoms with E-state index in [0.29, 0.717) is 5.56 Å². The summed E-state index contributed by atoms with van der Waals surface area (Å²) in [6, 6.07) is 4.97. The van der Waals surface area contributed by atoms with Crippen molar-refractivity contribution in [3.8, 4) is 0 Å². The van der Waals surface area contributed by atoms with E-state index >= 15 is 0 Å². The predicted molar refractivity (Wildman–Crippen MR) is 76.1 cm³/mol. The standard InChI is InChI=1S/C16H20FNO3/c17-13-8-6-11(7-9-13)14(10-15(19)20)18-16(21)12-4-2-1-3-5-12/h6-9,12,14H,1-5,10H2,(H,18,21)(H,19,20). The van der Waals surface area contributed by atoms with Crippen LogP contribution in [0.1, 0.15) is 50.1 Å². The van der Waals surface area contributed by atoms with Crippen molar-refractivity contribution < 1.29 is 19.1 Å². The molecule has 114 valence electrons. The second-order valence-corrected chi connectivity index (χ2v) is 5.55. The third-order valence-corrected chi connectivity index (χ3v) is 3.94. The molecule has 1 amide bonds. The molecule has 21 heavy (non-hydrogen) atoms. The minimum Gasteiger partial charge on any atom is -0.481 e. The Morgan fingerprint density at radius 2 is 1.81 bits per heavy atom. The number of carboxylic acid groups (broad SMARTS) is 1. The molecule has 0 radical (unpaired) electrons. The topological polar surface area (TPSA) is 66.4 Å². The van der Waals surface area contributed by atoms with E-state index in [9.17, 15) is 14.0 Å². The molecule has 1 unspecified atom stereocenters. The molecule has 1 atom stereocenters. The van der Waals surface area contributed by atoms with Gasteiger partial charge >= 0.3 is 5.97 Å². The number of nitrogens with one attached hydrogen (secondary N) is 1. The fourth-order valence-corrected chi connectivity index (χ4v) is 2.78. The van der Waals surface area contributed by atoms with Gasteiger partial charge in [-0.05, 0) is 30.5 Å². The minimum atomic E-state index is -0.992. The number of hydrogen-bond donors (Lipinski definition) is 2. The van der Waals surface area contributed by atoms with Gasteiger partial charge in [0.2, 0.25) is 5.91 Å². The number of halogens is 1. The van der Waals surface area contributed by atoms with Crippen molar-refractivity contribution in [3.05, 3.63) is 35.6 Å². The fraction of sp³-hybridized carbons (Fsp3) is 0.500. The Kier molecular flexibility index (Phi) is 5.31. The van der Waals surface area contributed by atoms with Gasteiger partial charge in [0.05, 0.1) is 12.5 Å². The van der Waals surface area contributed by atoms with Crippen LogP contribution in [0.25, 0.3) is 0 Å². The van der Waals surface area contributed by atoms with E-state index in [0.717, 1.165) is 32.1 Å². The van der Waals surface area contributed by atoms with Crippen LogP contribution in [-0.2, 0) is 9.59 Å². The molecule has 0 bridgehead atoms. The lowest BCUT2D eigenvalue weighted by Crippen LogP contribution is -2.35. The molecule has 4 nitrogen and oxygen atoms in total.